The van der Waals surface area contributed by atoms with Gasteiger partial charge in [0.1, 0.15) is 17.2 Å². The molecule has 0 fully saturated rings. The molecular formula is C10H13N3O4. The summed E-state index contributed by atoms with van der Waals surface area (Å²) in [5.74, 6) is -1.64. The highest BCUT2D eigenvalue weighted by Gasteiger charge is 2.20. The number of hydrogen-bond acceptors (Lipinski definition) is 6. The Balaban J connectivity index is 2.94. The molecule has 0 atom stereocenters. The Morgan fingerprint density at radius 3 is 2.65 bits per heavy atom. The van der Waals surface area contributed by atoms with Gasteiger partial charge in [-0.25, -0.2) is 4.79 Å². The number of nitrogens with two attached hydrogens (primary N) is 1. The van der Waals surface area contributed by atoms with Gasteiger partial charge in [-0.05, 0) is 13.8 Å². The summed E-state index contributed by atoms with van der Waals surface area (Å²) in [7, 11) is 0. The first-order valence-electron chi connectivity index (χ1n) is 5.00. The van der Waals surface area contributed by atoms with Crippen LogP contribution in [0.3, 0.4) is 0 Å². The third kappa shape index (κ3) is 2.90. The number of esters is 1. The van der Waals surface area contributed by atoms with E-state index in [0.29, 0.717) is 0 Å². The second-order valence-corrected chi connectivity index (χ2v) is 3.35. The van der Waals surface area contributed by atoms with Gasteiger partial charge in [0, 0.05) is 0 Å². The Labute approximate surface area is 97.5 Å². The van der Waals surface area contributed by atoms with Crippen LogP contribution in [0.1, 0.15) is 35.4 Å². The number of Topliss-reactive ketones (excluding diaryl/α,β-unsaturated/α-hetero) is 1. The fraction of sp³-hybridized carbons (Fsp3) is 0.400. The molecule has 1 heterocycles. The SMILES string of the molecule is CCOC(=O)c1cnn(C(=O)CC(C)=O)c1N. The lowest BCUT2D eigenvalue weighted by atomic mass is 10.3. The van der Waals surface area contributed by atoms with Gasteiger partial charge < -0.3 is 10.5 Å². The van der Waals surface area contributed by atoms with E-state index in [2.05, 4.69) is 5.10 Å². The van der Waals surface area contributed by atoms with Crippen molar-refractivity contribution in [3.8, 4) is 0 Å². The van der Waals surface area contributed by atoms with Crippen LogP contribution in [0.25, 0.3) is 0 Å². The average Bonchev–Trinajstić information content (AvgIpc) is 2.59. The molecule has 0 amide bonds. The maximum Gasteiger partial charge on any atom is 0.343 e. The standard InChI is InChI=1S/C10H13N3O4/c1-3-17-10(16)7-5-12-13(9(7)11)8(15)4-6(2)14/h5H,3-4,11H2,1-2H3. The zero-order valence-electron chi connectivity index (χ0n) is 9.60. The minimum atomic E-state index is -0.646. The Bertz CT molecular complexity index is 464. The van der Waals surface area contributed by atoms with E-state index in [-0.39, 0.29) is 30.2 Å². The Morgan fingerprint density at radius 2 is 2.12 bits per heavy atom. The summed E-state index contributed by atoms with van der Waals surface area (Å²) in [5.41, 5.74) is 5.60. The second kappa shape index (κ2) is 5.24. The molecule has 1 aromatic heterocycles. The van der Waals surface area contributed by atoms with Gasteiger partial charge >= 0.3 is 5.97 Å². The lowest BCUT2D eigenvalue weighted by Gasteiger charge is -2.02. The minimum Gasteiger partial charge on any atom is -0.462 e. The van der Waals surface area contributed by atoms with Crippen LogP contribution >= 0.6 is 0 Å². The van der Waals surface area contributed by atoms with Crippen molar-refractivity contribution in [3.63, 3.8) is 0 Å². The Kier molecular flexibility index (Phi) is 3.97. The minimum absolute atomic E-state index is 0.0174. The number of aromatic nitrogens is 2. The average molecular weight is 239 g/mol. The maximum atomic E-state index is 11.5. The first-order chi connectivity index (χ1) is 7.97. The molecule has 0 unspecified atom stereocenters. The Morgan fingerprint density at radius 1 is 1.47 bits per heavy atom. The van der Waals surface area contributed by atoms with Gasteiger partial charge in [0.2, 0.25) is 0 Å². The molecule has 0 spiro atoms. The lowest BCUT2D eigenvalue weighted by Crippen LogP contribution is -2.18. The number of hydrogen-bond donors (Lipinski definition) is 1. The molecular weight excluding hydrogens is 226 g/mol. The molecule has 0 radical (unpaired) electrons. The fourth-order valence-electron chi connectivity index (χ4n) is 1.21. The number of carbonyl (C=O) groups excluding carboxylic acids is 3. The summed E-state index contributed by atoms with van der Waals surface area (Å²) in [6, 6.07) is 0. The van der Waals surface area contributed by atoms with Crippen molar-refractivity contribution < 1.29 is 19.1 Å². The van der Waals surface area contributed by atoms with Crippen molar-refractivity contribution in [1.82, 2.24) is 9.78 Å². The number of ether oxygens (including phenoxy) is 1. The van der Waals surface area contributed by atoms with Crippen LogP contribution in [-0.2, 0) is 9.53 Å². The van der Waals surface area contributed by atoms with Crippen molar-refractivity contribution >= 4 is 23.5 Å². The first-order valence-corrected chi connectivity index (χ1v) is 5.00. The summed E-state index contributed by atoms with van der Waals surface area (Å²) < 4.78 is 5.56. The zero-order chi connectivity index (χ0) is 13.0. The molecule has 0 saturated heterocycles. The van der Waals surface area contributed by atoms with Crippen LogP contribution in [0, 0.1) is 0 Å². The van der Waals surface area contributed by atoms with Crippen molar-refractivity contribution in [3.05, 3.63) is 11.8 Å². The van der Waals surface area contributed by atoms with E-state index < -0.39 is 11.9 Å². The first kappa shape index (κ1) is 12.9. The van der Waals surface area contributed by atoms with Gasteiger partial charge in [0.25, 0.3) is 5.91 Å². The number of anilines is 1. The summed E-state index contributed by atoms with van der Waals surface area (Å²) in [4.78, 5) is 33.7. The van der Waals surface area contributed by atoms with Gasteiger partial charge in [-0.3, -0.25) is 9.59 Å². The molecule has 7 heteroatoms. The highest BCUT2D eigenvalue weighted by atomic mass is 16.5. The van der Waals surface area contributed by atoms with Crippen molar-refractivity contribution in [2.45, 2.75) is 20.3 Å². The maximum absolute atomic E-state index is 11.5. The molecule has 1 rings (SSSR count). The van der Waals surface area contributed by atoms with Gasteiger partial charge in [-0.1, -0.05) is 0 Å². The zero-order valence-corrected chi connectivity index (χ0v) is 9.60. The molecule has 92 valence electrons. The van der Waals surface area contributed by atoms with E-state index >= 15 is 0 Å². The third-order valence-corrected chi connectivity index (χ3v) is 1.94. The van der Waals surface area contributed by atoms with E-state index in [4.69, 9.17) is 10.5 Å². The van der Waals surface area contributed by atoms with Gasteiger partial charge in [-0.15, -0.1) is 0 Å². The summed E-state index contributed by atoms with van der Waals surface area (Å²) in [6.45, 7) is 3.13. The van der Waals surface area contributed by atoms with Crippen LogP contribution in [0.5, 0.6) is 0 Å². The topological polar surface area (TPSA) is 104 Å². The quantitative estimate of drug-likeness (QED) is 0.597. The van der Waals surface area contributed by atoms with Crippen molar-refractivity contribution in [2.24, 2.45) is 0 Å². The molecule has 0 aliphatic carbocycles. The number of rotatable bonds is 4. The normalized spacial score (nSPS) is 10.0. The summed E-state index contributed by atoms with van der Waals surface area (Å²) >= 11 is 0. The van der Waals surface area contributed by atoms with Gasteiger partial charge in [0.05, 0.1) is 19.2 Å². The van der Waals surface area contributed by atoms with E-state index in [0.717, 1.165) is 10.9 Å². The highest BCUT2D eigenvalue weighted by Crippen LogP contribution is 2.12. The fourth-order valence-corrected chi connectivity index (χ4v) is 1.21. The largest absolute Gasteiger partial charge is 0.462 e. The summed E-state index contributed by atoms with van der Waals surface area (Å²) in [6.07, 6.45) is 0.833. The number of carbonyl (C=O) groups is 3. The van der Waals surface area contributed by atoms with Crippen LogP contribution < -0.4 is 5.73 Å². The van der Waals surface area contributed by atoms with Crippen LogP contribution in [0.4, 0.5) is 5.82 Å². The van der Waals surface area contributed by atoms with E-state index in [1.54, 1.807) is 6.92 Å². The van der Waals surface area contributed by atoms with E-state index in [1.807, 2.05) is 0 Å². The molecule has 17 heavy (non-hydrogen) atoms. The molecule has 1 aromatic rings. The lowest BCUT2D eigenvalue weighted by molar-refractivity contribution is -0.116. The molecule has 0 aromatic carbocycles. The molecule has 0 bridgehead atoms. The van der Waals surface area contributed by atoms with E-state index in [9.17, 15) is 14.4 Å². The van der Waals surface area contributed by atoms with Crippen molar-refractivity contribution in [2.75, 3.05) is 12.3 Å². The number of nitrogen functional groups attached to an aromatic ring is 1. The predicted molar refractivity (Wildman–Crippen MR) is 58.5 cm³/mol. The predicted octanol–water partition coefficient (Wildman–Crippen LogP) is 0.261. The number of ketones is 1. The number of nitrogens with zero attached hydrogens (tertiary/aromatic N) is 2. The highest BCUT2D eigenvalue weighted by molar-refractivity contribution is 6.01. The third-order valence-electron chi connectivity index (χ3n) is 1.94. The molecule has 0 aliphatic heterocycles. The molecule has 0 aliphatic rings. The molecule has 2 N–H and O–H groups in total. The van der Waals surface area contributed by atoms with Crippen molar-refractivity contribution in [1.29, 1.82) is 0 Å². The Hall–Kier alpha value is -2.18. The van der Waals surface area contributed by atoms with Gasteiger partial charge in [-0.2, -0.15) is 9.78 Å². The van der Waals surface area contributed by atoms with Crippen LogP contribution in [0.15, 0.2) is 6.20 Å². The van der Waals surface area contributed by atoms with E-state index in [1.165, 1.54) is 6.92 Å². The molecule has 0 saturated carbocycles. The van der Waals surface area contributed by atoms with Crippen LogP contribution in [0.2, 0.25) is 0 Å². The molecule has 7 nitrogen and oxygen atoms in total. The smallest absolute Gasteiger partial charge is 0.343 e. The monoisotopic (exact) mass is 239 g/mol. The summed E-state index contributed by atoms with van der Waals surface area (Å²) in [5, 5.41) is 3.66. The van der Waals surface area contributed by atoms with Crippen LogP contribution in [-0.4, -0.2) is 34.0 Å². The second-order valence-electron chi connectivity index (χ2n) is 3.35. The van der Waals surface area contributed by atoms with Gasteiger partial charge in [0.15, 0.2) is 0 Å².